The van der Waals surface area contributed by atoms with Gasteiger partial charge >= 0.3 is 5.97 Å². The summed E-state index contributed by atoms with van der Waals surface area (Å²) in [5.41, 5.74) is 1.50. The van der Waals surface area contributed by atoms with E-state index in [1.807, 2.05) is 30.3 Å². The number of nitrogens with one attached hydrogen (secondary N) is 2. The summed E-state index contributed by atoms with van der Waals surface area (Å²) < 4.78 is 4.94. The molecule has 0 fully saturated rings. The fourth-order valence-electron chi connectivity index (χ4n) is 2.70. The first kappa shape index (κ1) is 20.6. The summed E-state index contributed by atoms with van der Waals surface area (Å²) in [5, 5.41) is 15.0. The minimum atomic E-state index is -0.822. The highest BCUT2D eigenvalue weighted by atomic mass is 16.5. The van der Waals surface area contributed by atoms with Crippen LogP contribution in [0, 0.1) is 0 Å². The van der Waals surface area contributed by atoms with Crippen LogP contribution in [-0.4, -0.2) is 29.5 Å². The van der Waals surface area contributed by atoms with E-state index in [2.05, 4.69) is 10.6 Å². The molecule has 0 radical (unpaired) electrons. The third-order valence-electron chi connectivity index (χ3n) is 4.20. The third kappa shape index (κ3) is 5.45. The minimum absolute atomic E-state index is 0.0361. The monoisotopic (exact) mass is 404 g/mol. The third-order valence-corrected chi connectivity index (χ3v) is 4.20. The van der Waals surface area contributed by atoms with Crippen LogP contribution in [0.25, 0.3) is 0 Å². The highest BCUT2D eigenvalue weighted by Gasteiger charge is 2.16. The van der Waals surface area contributed by atoms with Crippen molar-refractivity contribution in [2.75, 3.05) is 11.9 Å². The van der Waals surface area contributed by atoms with Gasteiger partial charge < -0.3 is 20.5 Å². The molecule has 3 aromatic rings. The topological polar surface area (TPSA) is 105 Å². The Bertz CT molecular complexity index is 1050. The van der Waals surface area contributed by atoms with E-state index >= 15 is 0 Å². The molecule has 3 N–H and O–H groups in total. The molecule has 0 aromatic heterocycles. The van der Waals surface area contributed by atoms with E-state index in [9.17, 15) is 19.5 Å². The lowest BCUT2D eigenvalue weighted by atomic mass is 10.1. The number of hydrogen-bond acceptors (Lipinski definition) is 5. The number of carbonyl (C=O) groups is 3. The molecular formula is C23H20N2O5. The molecule has 0 saturated heterocycles. The maximum atomic E-state index is 12.5. The van der Waals surface area contributed by atoms with Crippen LogP contribution in [0.4, 0.5) is 5.69 Å². The first-order valence-corrected chi connectivity index (χ1v) is 9.20. The lowest BCUT2D eigenvalue weighted by Crippen LogP contribution is -2.26. The molecule has 3 rings (SSSR count). The van der Waals surface area contributed by atoms with Crippen molar-refractivity contribution >= 4 is 23.5 Å². The standard InChI is InChI=1S/C23H20N2O5/c26-20-13-7-5-11-18(20)23(29)30-15-21(27)25-19-12-6-4-10-17(19)22(28)24-14-16-8-2-1-3-9-16/h1-13,26H,14-15H2,(H,24,28)(H,25,27). The van der Waals surface area contributed by atoms with Gasteiger partial charge in [0, 0.05) is 6.54 Å². The van der Waals surface area contributed by atoms with E-state index in [-0.39, 0.29) is 22.8 Å². The number of aromatic hydroxyl groups is 1. The van der Waals surface area contributed by atoms with Gasteiger partial charge in [0.15, 0.2) is 6.61 Å². The van der Waals surface area contributed by atoms with E-state index in [4.69, 9.17) is 4.74 Å². The van der Waals surface area contributed by atoms with Crippen LogP contribution < -0.4 is 10.6 Å². The van der Waals surface area contributed by atoms with Crippen molar-refractivity contribution in [3.8, 4) is 5.75 Å². The highest BCUT2D eigenvalue weighted by molar-refractivity contribution is 6.04. The van der Waals surface area contributed by atoms with Crippen molar-refractivity contribution in [2.24, 2.45) is 0 Å². The fraction of sp³-hybridized carbons (Fsp3) is 0.0870. The number of phenols is 1. The summed E-state index contributed by atoms with van der Waals surface area (Å²) in [6.45, 7) is -0.215. The number of anilines is 1. The summed E-state index contributed by atoms with van der Waals surface area (Å²) in [4.78, 5) is 36.7. The van der Waals surface area contributed by atoms with Crippen LogP contribution in [-0.2, 0) is 16.1 Å². The average molecular weight is 404 g/mol. The van der Waals surface area contributed by atoms with Gasteiger partial charge in [-0.1, -0.05) is 54.6 Å². The van der Waals surface area contributed by atoms with Crippen molar-refractivity contribution in [1.29, 1.82) is 0 Å². The van der Waals surface area contributed by atoms with Gasteiger partial charge in [0.05, 0.1) is 11.3 Å². The maximum Gasteiger partial charge on any atom is 0.342 e. The number of benzene rings is 3. The van der Waals surface area contributed by atoms with E-state index in [0.717, 1.165) is 5.56 Å². The number of ether oxygens (including phenoxy) is 1. The molecule has 0 unspecified atom stereocenters. The second kappa shape index (κ2) is 9.88. The first-order valence-electron chi connectivity index (χ1n) is 9.20. The lowest BCUT2D eigenvalue weighted by molar-refractivity contribution is -0.119. The molecule has 0 aliphatic heterocycles. The summed E-state index contributed by atoms with van der Waals surface area (Å²) in [6.07, 6.45) is 0. The quantitative estimate of drug-likeness (QED) is 0.525. The number of carbonyl (C=O) groups excluding carboxylic acids is 3. The van der Waals surface area contributed by atoms with E-state index in [1.165, 1.54) is 12.1 Å². The Hall–Kier alpha value is -4.13. The molecule has 30 heavy (non-hydrogen) atoms. The van der Waals surface area contributed by atoms with Gasteiger partial charge in [0.1, 0.15) is 11.3 Å². The van der Waals surface area contributed by atoms with Crippen LogP contribution in [0.5, 0.6) is 5.75 Å². The Morgan fingerprint density at radius 3 is 2.17 bits per heavy atom. The van der Waals surface area contributed by atoms with E-state index in [0.29, 0.717) is 12.2 Å². The number of hydrogen-bond donors (Lipinski definition) is 3. The Labute approximate surface area is 173 Å². The summed E-state index contributed by atoms with van der Waals surface area (Å²) in [5.74, 6) is -2.01. The number of para-hydroxylation sites is 2. The van der Waals surface area contributed by atoms with Crippen molar-refractivity contribution in [2.45, 2.75) is 6.54 Å². The lowest BCUT2D eigenvalue weighted by Gasteiger charge is -2.12. The van der Waals surface area contributed by atoms with Gasteiger partial charge in [-0.3, -0.25) is 9.59 Å². The normalized spacial score (nSPS) is 10.1. The maximum absolute atomic E-state index is 12.5. The Morgan fingerprint density at radius 2 is 1.43 bits per heavy atom. The number of rotatable bonds is 7. The molecule has 152 valence electrons. The zero-order chi connectivity index (χ0) is 21.3. The van der Waals surface area contributed by atoms with Crippen molar-refractivity contribution in [1.82, 2.24) is 5.32 Å². The largest absolute Gasteiger partial charge is 0.507 e. The Morgan fingerprint density at radius 1 is 0.800 bits per heavy atom. The smallest absolute Gasteiger partial charge is 0.342 e. The molecule has 0 spiro atoms. The van der Waals surface area contributed by atoms with Crippen LogP contribution in [0.3, 0.4) is 0 Å². The van der Waals surface area contributed by atoms with Crippen LogP contribution >= 0.6 is 0 Å². The van der Waals surface area contributed by atoms with Gasteiger partial charge in [0.2, 0.25) is 0 Å². The van der Waals surface area contributed by atoms with Gasteiger partial charge in [0.25, 0.3) is 11.8 Å². The number of esters is 1. The molecule has 0 heterocycles. The molecule has 0 bridgehead atoms. The Balaban J connectivity index is 1.58. The average Bonchev–Trinajstić information content (AvgIpc) is 2.77. The SMILES string of the molecule is O=C(COC(=O)c1ccccc1O)Nc1ccccc1C(=O)NCc1ccccc1. The molecule has 7 heteroatoms. The first-order chi connectivity index (χ1) is 14.5. The summed E-state index contributed by atoms with van der Waals surface area (Å²) in [6, 6.07) is 21.9. The van der Waals surface area contributed by atoms with E-state index in [1.54, 1.807) is 36.4 Å². The summed E-state index contributed by atoms with van der Waals surface area (Å²) >= 11 is 0. The Kier molecular flexibility index (Phi) is 6.78. The van der Waals surface area contributed by atoms with Gasteiger partial charge in [-0.25, -0.2) is 4.79 Å². The van der Waals surface area contributed by atoms with E-state index < -0.39 is 18.5 Å². The predicted octanol–water partition coefficient (Wildman–Crippen LogP) is 3.12. The van der Waals surface area contributed by atoms with Crippen LogP contribution in [0.1, 0.15) is 26.3 Å². The van der Waals surface area contributed by atoms with Crippen LogP contribution in [0.15, 0.2) is 78.9 Å². The zero-order valence-electron chi connectivity index (χ0n) is 16.0. The second-order valence-corrected chi connectivity index (χ2v) is 6.36. The number of phenolic OH excluding ortho intramolecular Hbond substituents is 1. The molecule has 0 atom stereocenters. The predicted molar refractivity (Wildman–Crippen MR) is 111 cm³/mol. The molecule has 7 nitrogen and oxygen atoms in total. The minimum Gasteiger partial charge on any atom is -0.507 e. The fourth-order valence-corrected chi connectivity index (χ4v) is 2.70. The van der Waals surface area contributed by atoms with Crippen molar-refractivity contribution in [3.05, 3.63) is 95.6 Å². The van der Waals surface area contributed by atoms with Gasteiger partial charge in [-0.15, -0.1) is 0 Å². The molecule has 2 amide bonds. The molecule has 0 saturated carbocycles. The highest BCUT2D eigenvalue weighted by Crippen LogP contribution is 2.17. The van der Waals surface area contributed by atoms with Crippen LogP contribution in [0.2, 0.25) is 0 Å². The summed E-state index contributed by atoms with van der Waals surface area (Å²) in [7, 11) is 0. The molecule has 0 aliphatic rings. The van der Waals surface area contributed by atoms with Gasteiger partial charge in [-0.2, -0.15) is 0 Å². The molecular weight excluding hydrogens is 384 g/mol. The zero-order valence-corrected chi connectivity index (χ0v) is 16.0. The molecule has 3 aromatic carbocycles. The second-order valence-electron chi connectivity index (χ2n) is 6.36. The molecule has 0 aliphatic carbocycles. The van der Waals surface area contributed by atoms with Crippen molar-refractivity contribution in [3.63, 3.8) is 0 Å². The number of amides is 2. The van der Waals surface area contributed by atoms with Gasteiger partial charge in [-0.05, 0) is 29.8 Å². The van der Waals surface area contributed by atoms with Crippen molar-refractivity contribution < 1.29 is 24.2 Å².